The van der Waals surface area contributed by atoms with Gasteiger partial charge in [0.1, 0.15) is 0 Å². The van der Waals surface area contributed by atoms with E-state index in [1.165, 1.54) is 0 Å². The van der Waals surface area contributed by atoms with Crippen LogP contribution in [0.2, 0.25) is 0 Å². The van der Waals surface area contributed by atoms with E-state index in [0.717, 1.165) is 0 Å². The number of hydrogen-bond acceptors (Lipinski definition) is 2. The van der Waals surface area contributed by atoms with Gasteiger partial charge in [-0.3, -0.25) is 9.59 Å². The Bertz CT molecular complexity index is 67.7. The van der Waals surface area contributed by atoms with Crippen LogP contribution in [0.4, 0.5) is 0 Å². The molecule has 0 heterocycles. The molecule has 0 saturated carbocycles. The van der Waals surface area contributed by atoms with Crippen molar-refractivity contribution >= 4 is 39.5 Å². The molecule has 0 aliphatic heterocycles. The molecule has 34 valence electrons. The van der Waals surface area contributed by atoms with Gasteiger partial charge in [0.05, 0.1) is 0 Å². The molecule has 0 aromatic carbocycles. The first-order valence-corrected chi connectivity index (χ1v) is 0.855. The third-order valence-electron chi connectivity index (χ3n) is 0. The van der Waals surface area contributed by atoms with Gasteiger partial charge in [0, 0.05) is 0 Å². The Hall–Kier alpha value is -0.318. The summed E-state index contributed by atoms with van der Waals surface area (Å²) >= 11 is 0. The minimum Gasteiger partial charge on any atom is -0.724 e. The monoisotopic (exact) mass is 292 g/mol. The number of carbonyl (C=O) groups excluding carboxylic acids is 2. The van der Waals surface area contributed by atoms with Crippen molar-refractivity contribution < 1.29 is 9.59 Å². The molecule has 0 unspecified atom stereocenters. The van der Waals surface area contributed by atoms with Crippen LogP contribution in [-0.4, -0.2) is 39.5 Å². The predicted octanol–water partition coefficient (Wildman–Crippen LogP) is -0.598. The Balaban J connectivity index is -0.0000000400. The van der Waals surface area contributed by atoms with Crippen molar-refractivity contribution in [2.45, 2.75) is 0 Å². The van der Waals surface area contributed by atoms with Gasteiger partial charge >= 0.3 is 27.3 Å². The van der Waals surface area contributed by atoms with Gasteiger partial charge in [-0.05, 0) is 12.2 Å². The Morgan fingerprint density at radius 3 is 1.00 bits per heavy atom. The fraction of sp³-hybridized carbons (Fsp3) is 0. The molecule has 0 saturated heterocycles. The predicted molar refractivity (Wildman–Crippen MR) is 23.9 cm³/mol. The second-order valence-electron chi connectivity index (χ2n) is 0.183. The summed E-state index contributed by atoms with van der Waals surface area (Å²) in [5.41, 5.74) is 0. The first-order chi connectivity index (χ1) is 2.83. The van der Waals surface area contributed by atoms with Crippen molar-refractivity contribution in [2.75, 3.05) is 0 Å². The third kappa shape index (κ3) is 762. The molecule has 0 bridgehead atoms. The molecule has 0 aliphatic rings. The first kappa shape index (κ1) is 15.9. The van der Waals surface area contributed by atoms with Gasteiger partial charge in [-0.15, -0.1) is 0 Å². The summed E-state index contributed by atoms with van der Waals surface area (Å²) in [6, 6.07) is 0. The number of rotatable bonds is 0. The number of nitrogens with zero attached hydrogens (tertiary/aromatic N) is 2. The normalized spacial score (nSPS) is 2.29. The van der Waals surface area contributed by atoms with Gasteiger partial charge < -0.3 is 10.8 Å². The standard InChI is InChI=1S/2CNO.Pb/c2*2-1-3;/q2*-1;+2. The van der Waals surface area contributed by atoms with Crippen LogP contribution >= 0.6 is 0 Å². The summed E-state index contributed by atoms with van der Waals surface area (Å²) < 4.78 is 0. The van der Waals surface area contributed by atoms with Gasteiger partial charge in [0.2, 0.25) is 0 Å². The smallest absolute Gasteiger partial charge is 0.724 e. The molecule has 0 aliphatic carbocycles. The molecule has 0 N–H and O–H groups in total. The Morgan fingerprint density at radius 2 is 1.00 bits per heavy atom. The molecule has 5 heteroatoms. The van der Waals surface area contributed by atoms with E-state index >= 15 is 0 Å². The van der Waals surface area contributed by atoms with Crippen LogP contribution in [0.15, 0.2) is 0 Å². The molecule has 0 aromatic rings. The van der Waals surface area contributed by atoms with E-state index in [4.69, 9.17) is 20.4 Å². The van der Waals surface area contributed by atoms with Crippen molar-refractivity contribution in [3.63, 3.8) is 0 Å². The van der Waals surface area contributed by atoms with Crippen molar-refractivity contribution in [3.8, 4) is 0 Å². The van der Waals surface area contributed by atoms with Crippen LogP contribution in [0, 0.1) is 0 Å². The Labute approximate surface area is 60.1 Å². The molecule has 0 aromatic heterocycles. The van der Waals surface area contributed by atoms with E-state index in [-0.39, 0.29) is 27.3 Å². The molecule has 0 rings (SSSR count). The van der Waals surface area contributed by atoms with E-state index in [0.29, 0.717) is 12.2 Å². The zero-order valence-electron chi connectivity index (χ0n) is 3.21. The summed E-state index contributed by atoms with van der Waals surface area (Å²) in [7, 11) is 0. The van der Waals surface area contributed by atoms with Crippen LogP contribution in [0.5, 0.6) is 0 Å². The molecule has 0 fully saturated rings. The number of hydrogen-bond donors (Lipinski definition) is 0. The maximum absolute atomic E-state index is 8.24. The largest absolute Gasteiger partial charge is 2.00 e. The zero-order chi connectivity index (χ0) is 5.41. The molecular formula is C2N2O2Pb. The Morgan fingerprint density at radius 1 is 1.00 bits per heavy atom. The quantitative estimate of drug-likeness (QED) is 0.339. The fourth-order valence-electron chi connectivity index (χ4n) is 0. The van der Waals surface area contributed by atoms with Crippen LogP contribution in [0.1, 0.15) is 0 Å². The van der Waals surface area contributed by atoms with E-state index in [1.54, 1.807) is 0 Å². The minimum atomic E-state index is 0. The second-order valence-corrected chi connectivity index (χ2v) is 0.183. The zero-order valence-corrected chi connectivity index (χ0v) is 7.10. The van der Waals surface area contributed by atoms with Crippen molar-refractivity contribution in [3.05, 3.63) is 10.8 Å². The SMILES string of the molecule is [N-]=C=O.[N-]=C=O.[Pb+2]. The topological polar surface area (TPSA) is 78.7 Å². The maximum Gasteiger partial charge on any atom is 2.00 e. The van der Waals surface area contributed by atoms with Crippen molar-refractivity contribution in [2.24, 2.45) is 0 Å². The summed E-state index contributed by atoms with van der Waals surface area (Å²) in [6.07, 6.45) is 1.00. The van der Waals surface area contributed by atoms with Crippen molar-refractivity contribution in [1.82, 2.24) is 0 Å². The van der Waals surface area contributed by atoms with Crippen LogP contribution in [0.25, 0.3) is 10.8 Å². The van der Waals surface area contributed by atoms with Gasteiger partial charge in [-0.1, -0.05) is 0 Å². The van der Waals surface area contributed by atoms with E-state index < -0.39 is 0 Å². The van der Waals surface area contributed by atoms with E-state index in [9.17, 15) is 0 Å². The summed E-state index contributed by atoms with van der Waals surface area (Å²) in [6.45, 7) is 0. The van der Waals surface area contributed by atoms with Crippen molar-refractivity contribution in [1.29, 1.82) is 0 Å². The molecule has 0 amide bonds. The van der Waals surface area contributed by atoms with Crippen LogP contribution in [-0.2, 0) is 9.59 Å². The average Bonchev–Trinajstić information content (AvgIpc) is 1.39. The molecule has 2 radical (unpaired) electrons. The van der Waals surface area contributed by atoms with Gasteiger partial charge in [-0.2, -0.15) is 0 Å². The molecule has 4 nitrogen and oxygen atoms in total. The van der Waals surface area contributed by atoms with E-state index in [2.05, 4.69) is 0 Å². The van der Waals surface area contributed by atoms with Gasteiger partial charge in [-0.25, -0.2) is 0 Å². The van der Waals surface area contributed by atoms with Crippen LogP contribution < -0.4 is 0 Å². The van der Waals surface area contributed by atoms with E-state index in [1.807, 2.05) is 0 Å². The first-order valence-electron chi connectivity index (χ1n) is 0.855. The average molecular weight is 291 g/mol. The third-order valence-corrected chi connectivity index (χ3v) is 0. The van der Waals surface area contributed by atoms with Gasteiger partial charge in [0.25, 0.3) is 0 Å². The summed E-state index contributed by atoms with van der Waals surface area (Å²) in [5, 5.41) is 13.5. The summed E-state index contributed by atoms with van der Waals surface area (Å²) in [5.74, 6) is 0. The number of isocyanates is 2. The maximum atomic E-state index is 8.24. The molecule has 7 heavy (non-hydrogen) atoms. The molecular weight excluding hydrogens is 291 g/mol. The minimum absolute atomic E-state index is 0. The van der Waals surface area contributed by atoms with Gasteiger partial charge in [0.15, 0.2) is 0 Å². The fourth-order valence-corrected chi connectivity index (χ4v) is 0. The van der Waals surface area contributed by atoms with Crippen LogP contribution in [0.3, 0.4) is 0 Å². The second kappa shape index (κ2) is 44.0. The summed E-state index contributed by atoms with van der Waals surface area (Å²) in [4.78, 5) is 16.5. The Kier molecular flexibility index (Phi) is 100. The molecule has 0 atom stereocenters. The molecule has 0 spiro atoms.